The third kappa shape index (κ3) is 4.70. The zero-order valence-corrected chi connectivity index (χ0v) is 20.9. The van der Waals surface area contributed by atoms with E-state index in [0.717, 1.165) is 44.7 Å². The number of rotatable bonds is 7. The van der Waals surface area contributed by atoms with Crippen LogP contribution in [-0.2, 0) is 17.9 Å². The largest absolute Gasteiger partial charge is 0.339 e. The molecule has 8 nitrogen and oxygen atoms in total. The highest BCUT2D eigenvalue weighted by molar-refractivity contribution is 8.00. The Balaban J connectivity index is 1.32. The first-order chi connectivity index (χ1) is 17.1. The second kappa shape index (κ2) is 10.2. The van der Waals surface area contributed by atoms with Crippen molar-refractivity contribution in [1.82, 2.24) is 29.0 Å². The minimum Gasteiger partial charge on any atom is -0.339 e. The Labute approximate surface area is 208 Å². The number of hydrogen-bond acceptors (Lipinski definition) is 6. The van der Waals surface area contributed by atoms with E-state index in [4.69, 9.17) is 0 Å². The van der Waals surface area contributed by atoms with Gasteiger partial charge in [-0.25, -0.2) is 0 Å². The molecule has 0 spiro atoms. The smallest absolute Gasteiger partial charge is 0.262 e. The van der Waals surface area contributed by atoms with E-state index in [1.807, 2.05) is 53.5 Å². The monoisotopic (exact) mass is 490 g/mol. The van der Waals surface area contributed by atoms with Crippen molar-refractivity contribution in [2.45, 2.75) is 43.8 Å². The third-order valence-corrected chi connectivity index (χ3v) is 7.52. The Bertz CT molecular complexity index is 1390. The highest BCUT2D eigenvalue weighted by atomic mass is 32.2. The van der Waals surface area contributed by atoms with E-state index >= 15 is 0 Å². The van der Waals surface area contributed by atoms with E-state index < -0.39 is 0 Å². The van der Waals surface area contributed by atoms with Gasteiger partial charge in [-0.05, 0) is 31.0 Å². The Kier molecular flexibility index (Phi) is 6.88. The van der Waals surface area contributed by atoms with Gasteiger partial charge in [0.05, 0.1) is 16.2 Å². The molecule has 2 aromatic heterocycles. The lowest BCUT2D eigenvalue weighted by atomic mass is 10.2. The maximum Gasteiger partial charge on any atom is 0.262 e. The zero-order chi connectivity index (χ0) is 24.4. The number of hydrogen-bond donors (Lipinski definition) is 0. The van der Waals surface area contributed by atoms with Gasteiger partial charge >= 0.3 is 0 Å². The van der Waals surface area contributed by atoms with Gasteiger partial charge in [0.1, 0.15) is 0 Å². The Morgan fingerprint density at radius 3 is 2.46 bits per heavy atom. The summed E-state index contributed by atoms with van der Waals surface area (Å²) in [5, 5.41) is 9.69. The summed E-state index contributed by atoms with van der Waals surface area (Å²) in [7, 11) is 0. The first kappa shape index (κ1) is 23.6. The number of fused-ring (bicyclic) bond motifs is 3. The van der Waals surface area contributed by atoms with Gasteiger partial charge in [-0.2, -0.15) is 0 Å². The Morgan fingerprint density at radius 1 is 1.00 bits per heavy atom. The maximum absolute atomic E-state index is 13.3. The number of nitrogens with zero attached hydrogens (tertiary/aromatic N) is 6. The lowest BCUT2D eigenvalue weighted by molar-refractivity contribution is -0.132. The first-order valence-corrected chi connectivity index (χ1v) is 13.0. The number of aromatic nitrogens is 4. The molecule has 0 radical (unpaired) electrons. The quantitative estimate of drug-likeness (QED) is 0.370. The average molecular weight is 491 g/mol. The predicted octanol–water partition coefficient (Wildman–Crippen LogP) is 3.28. The molecular formula is C26H30N6O2S. The molecule has 1 unspecified atom stereocenters. The van der Waals surface area contributed by atoms with Crippen LogP contribution in [0.3, 0.4) is 0 Å². The van der Waals surface area contributed by atoms with Gasteiger partial charge in [0.25, 0.3) is 5.56 Å². The number of benzene rings is 2. The predicted molar refractivity (Wildman–Crippen MR) is 139 cm³/mol. The molecule has 1 saturated heterocycles. The Hall–Kier alpha value is -3.17. The van der Waals surface area contributed by atoms with Crippen molar-refractivity contribution in [2.24, 2.45) is 0 Å². The van der Waals surface area contributed by atoms with Crippen molar-refractivity contribution in [2.75, 3.05) is 26.2 Å². The van der Waals surface area contributed by atoms with Gasteiger partial charge in [-0.3, -0.25) is 23.5 Å². The summed E-state index contributed by atoms with van der Waals surface area (Å²) in [4.78, 5) is 30.7. The summed E-state index contributed by atoms with van der Waals surface area (Å²) >= 11 is 1.40. The van der Waals surface area contributed by atoms with E-state index in [1.165, 1.54) is 17.3 Å². The fourth-order valence-electron chi connectivity index (χ4n) is 4.67. The summed E-state index contributed by atoms with van der Waals surface area (Å²) in [6.07, 6.45) is 0.814. The van der Waals surface area contributed by atoms with Gasteiger partial charge < -0.3 is 4.90 Å². The van der Waals surface area contributed by atoms with E-state index in [-0.39, 0.29) is 16.7 Å². The van der Waals surface area contributed by atoms with E-state index in [2.05, 4.69) is 39.4 Å². The summed E-state index contributed by atoms with van der Waals surface area (Å²) in [5.74, 6) is 0.629. The van der Waals surface area contributed by atoms with Crippen molar-refractivity contribution in [3.63, 3.8) is 0 Å². The van der Waals surface area contributed by atoms with E-state index in [0.29, 0.717) is 22.9 Å². The standard InChI is InChI=1S/C26H30N6O2S/c1-3-13-31-24(34)21-11-7-8-12-22(21)32-25(31)27-28-26(32)35-19(2)23(33)30-16-14-29(15-17-30)18-20-9-5-4-6-10-20/h4-12,19H,3,13-18H2,1-2H3. The molecule has 9 heteroatoms. The number of aryl methyl sites for hydroxylation is 1. The van der Waals surface area contributed by atoms with Gasteiger partial charge in [-0.1, -0.05) is 61.2 Å². The van der Waals surface area contributed by atoms with Gasteiger partial charge in [0, 0.05) is 39.3 Å². The third-order valence-electron chi connectivity index (χ3n) is 6.49. The highest BCUT2D eigenvalue weighted by Crippen LogP contribution is 2.26. The van der Waals surface area contributed by atoms with Crippen LogP contribution in [0.15, 0.2) is 64.5 Å². The molecule has 2 aromatic carbocycles. The molecule has 0 N–H and O–H groups in total. The number of thioether (sulfide) groups is 1. The lowest BCUT2D eigenvalue weighted by Gasteiger charge is -2.35. The molecule has 4 aromatic rings. The van der Waals surface area contributed by atoms with E-state index in [9.17, 15) is 9.59 Å². The number of para-hydroxylation sites is 1. The lowest BCUT2D eigenvalue weighted by Crippen LogP contribution is -2.50. The molecule has 1 fully saturated rings. The van der Waals surface area contributed by atoms with Crippen LogP contribution in [0.2, 0.25) is 0 Å². The highest BCUT2D eigenvalue weighted by Gasteiger charge is 2.27. The van der Waals surface area contributed by atoms with Crippen molar-refractivity contribution < 1.29 is 4.79 Å². The fraction of sp³-hybridized carbons (Fsp3) is 0.385. The summed E-state index contributed by atoms with van der Waals surface area (Å²) in [6.45, 7) is 8.59. The second-order valence-electron chi connectivity index (χ2n) is 8.94. The molecule has 35 heavy (non-hydrogen) atoms. The summed E-state index contributed by atoms with van der Waals surface area (Å²) in [5.41, 5.74) is 2.00. The van der Waals surface area contributed by atoms with E-state index in [1.54, 1.807) is 4.57 Å². The van der Waals surface area contributed by atoms with Crippen LogP contribution in [0.1, 0.15) is 25.8 Å². The molecule has 0 bridgehead atoms. The van der Waals surface area contributed by atoms with Crippen LogP contribution in [-0.4, -0.2) is 66.3 Å². The molecule has 1 aliphatic heterocycles. The normalized spacial score (nSPS) is 15.7. The van der Waals surface area contributed by atoms with Gasteiger partial charge in [0.2, 0.25) is 11.7 Å². The van der Waals surface area contributed by atoms with Crippen molar-refractivity contribution in [3.05, 3.63) is 70.5 Å². The van der Waals surface area contributed by atoms with Crippen LogP contribution in [0.25, 0.3) is 16.7 Å². The number of carbonyl (C=O) groups is 1. The van der Waals surface area contributed by atoms with Crippen LogP contribution < -0.4 is 5.56 Å². The SMILES string of the molecule is CCCn1c(=O)c2ccccc2n2c(SC(C)C(=O)N3CCN(Cc4ccccc4)CC3)nnc12. The van der Waals surface area contributed by atoms with Crippen LogP contribution in [0.4, 0.5) is 0 Å². The molecule has 182 valence electrons. The molecule has 0 aliphatic carbocycles. The summed E-state index contributed by atoms with van der Waals surface area (Å²) < 4.78 is 3.59. The van der Waals surface area contributed by atoms with Gasteiger partial charge in [-0.15, -0.1) is 10.2 Å². The molecular weight excluding hydrogens is 460 g/mol. The van der Waals surface area contributed by atoms with Crippen LogP contribution in [0, 0.1) is 0 Å². The van der Waals surface area contributed by atoms with Crippen molar-refractivity contribution in [1.29, 1.82) is 0 Å². The topological polar surface area (TPSA) is 75.7 Å². The minimum atomic E-state index is -0.312. The van der Waals surface area contributed by atoms with Crippen molar-refractivity contribution >= 4 is 34.3 Å². The molecule has 1 atom stereocenters. The van der Waals surface area contributed by atoms with Crippen molar-refractivity contribution in [3.8, 4) is 0 Å². The number of carbonyl (C=O) groups excluding carboxylic acids is 1. The first-order valence-electron chi connectivity index (χ1n) is 12.1. The number of piperazine rings is 1. The Morgan fingerprint density at radius 2 is 1.71 bits per heavy atom. The maximum atomic E-state index is 13.3. The van der Waals surface area contributed by atoms with Crippen LogP contribution >= 0.6 is 11.8 Å². The van der Waals surface area contributed by atoms with Gasteiger partial charge in [0.15, 0.2) is 5.16 Å². The zero-order valence-electron chi connectivity index (χ0n) is 20.1. The molecule has 3 heterocycles. The fourth-order valence-corrected chi connectivity index (χ4v) is 5.61. The molecule has 0 saturated carbocycles. The molecule has 1 amide bonds. The summed E-state index contributed by atoms with van der Waals surface area (Å²) in [6, 6.07) is 18.0. The minimum absolute atomic E-state index is 0.0589. The molecule has 5 rings (SSSR count). The number of amides is 1. The second-order valence-corrected chi connectivity index (χ2v) is 10.2. The average Bonchev–Trinajstić information content (AvgIpc) is 3.30. The molecule has 1 aliphatic rings. The van der Waals surface area contributed by atoms with Crippen LogP contribution in [0.5, 0.6) is 0 Å².